The Labute approximate surface area is 274 Å². The molecule has 10 heteroatoms. The third-order valence-corrected chi connectivity index (χ3v) is 9.47. The quantitative estimate of drug-likeness (QED) is 0.172. The lowest BCUT2D eigenvalue weighted by Crippen LogP contribution is -2.53. The lowest BCUT2D eigenvalue weighted by Gasteiger charge is -2.34. The van der Waals surface area contributed by atoms with Crippen LogP contribution >= 0.6 is 15.9 Å². The number of carbonyl (C=O) groups is 2. The van der Waals surface area contributed by atoms with E-state index in [-0.39, 0.29) is 23.8 Å². The highest BCUT2D eigenvalue weighted by Crippen LogP contribution is 2.27. The van der Waals surface area contributed by atoms with Gasteiger partial charge < -0.3 is 15.0 Å². The Hall–Kier alpha value is -4.15. The van der Waals surface area contributed by atoms with Gasteiger partial charge in [0.25, 0.3) is 10.0 Å². The van der Waals surface area contributed by atoms with Crippen molar-refractivity contribution in [2.24, 2.45) is 0 Å². The Morgan fingerprint density at radius 2 is 1.53 bits per heavy atom. The molecule has 1 N–H and O–H groups in total. The molecule has 2 amide bonds. The van der Waals surface area contributed by atoms with Crippen LogP contribution in [-0.4, -0.2) is 50.9 Å². The summed E-state index contributed by atoms with van der Waals surface area (Å²) < 4.78 is 35.8. The van der Waals surface area contributed by atoms with Gasteiger partial charge in [0.15, 0.2) is 0 Å². The predicted octanol–water partition coefficient (Wildman–Crippen LogP) is 6.13. The van der Waals surface area contributed by atoms with Crippen LogP contribution in [0.25, 0.3) is 0 Å². The number of anilines is 1. The largest absolute Gasteiger partial charge is 0.494 e. The maximum absolute atomic E-state index is 14.5. The van der Waals surface area contributed by atoms with E-state index in [1.807, 2.05) is 75.4 Å². The fourth-order valence-corrected chi connectivity index (χ4v) is 6.78. The van der Waals surface area contributed by atoms with Gasteiger partial charge in [0.2, 0.25) is 11.8 Å². The molecule has 0 saturated carbocycles. The standard InChI is InChI=1S/C35H38BrN3O5S/c1-4-37-35(41)33(23-27-10-7-6-8-11-27)38(24-28-12-9-13-29(36)22-28)34(40)25-39(30-16-18-31(19-17-30)44-5-2)45(42,43)32-20-14-26(3)15-21-32/h6-22,33H,4-5,23-25H2,1-3H3,(H,37,41). The van der Waals surface area contributed by atoms with Crippen LogP contribution in [0.3, 0.4) is 0 Å². The van der Waals surface area contributed by atoms with Crippen LogP contribution in [0.5, 0.6) is 5.75 Å². The molecule has 0 spiro atoms. The van der Waals surface area contributed by atoms with E-state index in [4.69, 9.17) is 4.74 Å². The van der Waals surface area contributed by atoms with E-state index < -0.39 is 28.5 Å². The van der Waals surface area contributed by atoms with E-state index in [2.05, 4.69) is 21.2 Å². The number of likely N-dealkylation sites (N-methyl/N-ethyl adjacent to an activating group) is 1. The van der Waals surface area contributed by atoms with Crippen molar-refractivity contribution in [2.75, 3.05) is 24.0 Å². The summed E-state index contributed by atoms with van der Waals surface area (Å²) in [5.41, 5.74) is 2.86. The van der Waals surface area contributed by atoms with Crippen molar-refractivity contribution in [1.29, 1.82) is 0 Å². The topological polar surface area (TPSA) is 96.0 Å². The number of halogens is 1. The first kappa shape index (κ1) is 33.7. The number of nitrogens with one attached hydrogen (secondary N) is 1. The number of amides is 2. The normalized spacial score (nSPS) is 11.8. The van der Waals surface area contributed by atoms with E-state index >= 15 is 0 Å². The average molecular weight is 693 g/mol. The van der Waals surface area contributed by atoms with Crippen molar-refractivity contribution in [3.63, 3.8) is 0 Å². The van der Waals surface area contributed by atoms with Crippen LogP contribution in [-0.2, 0) is 32.6 Å². The van der Waals surface area contributed by atoms with Gasteiger partial charge in [-0.15, -0.1) is 0 Å². The third-order valence-electron chi connectivity index (χ3n) is 7.19. The minimum Gasteiger partial charge on any atom is -0.494 e. The molecule has 45 heavy (non-hydrogen) atoms. The first-order chi connectivity index (χ1) is 21.6. The van der Waals surface area contributed by atoms with Gasteiger partial charge in [-0.2, -0.15) is 0 Å². The highest BCUT2D eigenvalue weighted by Gasteiger charge is 2.34. The molecule has 4 aromatic carbocycles. The van der Waals surface area contributed by atoms with E-state index in [0.717, 1.165) is 25.5 Å². The molecule has 4 aromatic rings. The third kappa shape index (κ3) is 8.95. The Balaban J connectivity index is 1.79. The Bertz CT molecular complexity index is 1680. The molecule has 0 fully saturated rings. The molecule has 0 aromatic heterocycles. The number of rotatable bonds is 14. The summed E-state index contributed by atoms with van der Waals surface area (Å²) >= 11 is 3.50. The van der Waals surface area contributed by atoms with Crippen LogP contribution in [0, 0.1) is 6.92 Å². The lowest BCUT2D eigenvalue weighted by atomic mass is 10.0. The van der Waals surface area contributed by atoms with Gasteiger partial charge in [-0.25, -0.2) is 8.42 Å². The number of nitrogens with zero attached hydrogens (tertiary/aromatic N) is 2. The second kappa shape index (κ2) is 15.7. The van der Waals surface area contributed by atoms with Crippen LogP contribution in [0.1, 0.15) is 30.5 Å². The van der Waals surface area contributed by atoms with Gasteiger partial charge in [-0.1, -0.05) is 76.1 Å². The highest BCUT2D eigenvalue weighted by molar-refractivity contribution is 9.10. The number of sulfonamides is 1. The molecule has 0 aliphatic carbocycles. The predicted molar refractivity (Wildman–Crippen MR) is 181 cm³/mol. The van der Waals surface area contributed by atoms with Gasteiger partial charge in [-0.05, 0) is 80.4 Å². The molecule has 0 bridgehead atoms. The van der Waals surface area contributed by atoms with Gasteiger partial charge in [0, 0.05) is 24.0 Å². The minimum atomic E-state index is -4.18. The number of benzene rings is 4. The highest BCUT2D eigenvalue weighted by atomic mass is 79.9. The van der Waals surface area contributed by atoms with Crippen molar-refractivity contribution in [3.05, 3.63) is 124 Å². The number of hydrogen-bond acceptors (Lipinski definition) is 5. The molecule has 236 valence electrons. The summed E-state index contributed by atoms with van der Waals surface area (Å²) in [4.78, 5) is 29.6. The Morgan fingerprint density at radius 3 is 2.16 bits per heavy atom. The second-order valence-electron chi connectivity index (χ2n) is 10.5. The van der Waals surface area contributed by atoms with Crippen molar-refractivity contribution in [3.8, 4) is 5.75 Å². The second-order valence-corrected chi connectivity index (χ2v) is 13.3. The SMILES string of the molecule is CCNC(=O)C(Cc1ccccc1)N(Cc1cccc(Br)c1)C(=O)CN(c1ccc(OCC)cc1)S(=O)(=O)c1ccc(C)cc1. The average Bonchev–Trinajstić information content (AvgIpc) is 3.03. The molecule has 0 heterocycles. The van der Waals surface area contributed by atoms with Gasteiger partial charge in [0.1, 0.15) is 18.3 Å². The smallest absolute Gasteiger partial charge is 0.264 e. The van der Waals surface area contributed by atoms with Gasteiger partial charge >= 0.3 is 0 Å². The Kier molecular flexibility index (Phi) is 11.8. The summed E-state index contributed by atoms with van der Waals surface area (Å²) in [5.74, 6) is -0.263. The first-order valence-corrected chi connectivity index (χ1v) is 17.0. The number of carbonyl (C=O) groups excluding carboxylic acids is 2. The fourth-order valence-electron chi connectivity index (χ4n) is 4.92. The van der Waals surface area contributed by atoms with Gasteiger partial charge in [0.05, 0.1) is 17.2 Å². The van der Waals surface area contributed by atoms with Crippen molar-refractivity contribution in [1.82, 2.24) is 10.2 Å². The van der Waals surface area contributed by atoms with Crippen molar-refractivity contribution >= 4 is 43.5 Å². The summed E-state index contributed by atoms with van der Waals surface area (Å²) in [6.07, 6.45) is 0.250. The van der Waals surface area contributed by atoms with Gasteiger partial charge in [-0.3, -0.25) is 13.9 Å². The van der Waals surface area contributed by atoms with E-state index in [0.29, 0.717) is 24.6 Å². The zero-order chi connectivity index (χ0) is 32.4. The van der Waals surface area contributed by atoms with E-state index in [1.54, 1.807) is 36.4 Å². The summed E-state index contributed by atoms with van der Waals surface area (Å²) in [7, 11) is -4.18. The summed E-state index contributed by atoms with van der Waals surface area (Å²) in [6.45, 7) is 5.95. The van der Waals surface area contributed by atoms with E-state index in [9.17, 15) is 18.0 Å². The maximum Gasteiger partial charge on any atom is 0.264 e. The minimum absolute atomic E-state index is 0.0536. The molecule has 1 unspecified atom stereocenters. The zero-order valence-electron chi connectivity index (χ0n) is 25.6. The maximum atomic E-state index is 14.5. The molecule has 1 atom stereocenters. The summed E-state index contributed by atoms with van der Waals surface area (Å²) in [6, 6.07) is 29.1. The van der Waals surface area contributed by atoms with Crippen LogP contribution in [0.2, 0.25) is 0 Å². The van der Waals surface area contributed by atoms with Crippen LogP contribution < -0.4 is 14.4 Å². The molecule has 0 aliphatic heterocycles. The molecular weight excluding hydrogens is 654 g/mol. The van der Waals surface area contributed by atoms with E-state index in [1.165, 1.54) is 17.0 Å². The van der Waals surface area contributed by atoms with Crippen molar-refractivity contribution < 1.29 is 22.7 Å². The summed E-state index contributed by atoms with van der Waals surface area (Å²) in [5, 5.41) is 2.88. The van der Waals surface area contributed by atoms with Crippen LogP contribution in [0.15, 0.2) is 112 Å². The Morgan fingerprint density at radius 1 is 0.867 bits per heavy atom. The monoisotopic (exact) mass is 691 g/mol. The zero-order valence-corrected chi connectivity index (χ0v) is 28.1. The fraction of sp³-hybridized carbons (Fsp3) is 0.257. The van der Waals surface area contributed by atoms with Crippen LogP contribution in [0.4, 0.5) is 5.69 Å². The molecule has 0 radical (unpaired) electrons. The molecule has 0 aliphatic rings. The molecule has 4 rings (SSSR count). The number of ether oxygens (including phenoxy) is 1. The molecular formula is C35H38BrN3O5S. The number of hydrogen-bond donors (Lipinski definition) is 1. The first-order valence-electron chi connectivity index (χ1n) is 14.8. The van der Waals surface area contributed by atoms with Crippen molar-refractivity contribution in [2.45, 2.75) is 44.7 Å². The molecule has 0 saturated heterocycles. The number of aryl methyl sites for hydroxylation is 1. The lowest BCUT2D eigenvalue weighted by molar-refractivity contribution is -0.140. The molecule has 8 nitrogen and oxygen atoms in total.